The van der Waals surface area contributed by atoms with Crippen LogP contribution in [-0.2, 0) is 5.41 Å². The molecule has 1 aliphatic rings. The monoisotopic (exact) mass is 577 g/mol. The fraction of sp³-hybridized carbons (Fsp3) is 0.0698. The number of fused-ring (bicyclic) bond motifs is 8. The highest BCUT2D eigenvalue weighted by molar-refractivity contribution is 6.24. The molecule has 0 radical (unpaired) electrons. The van der Waals surface area contributed by atoms with Crippen LogP contribution >= 0.6 is 0 Å². The first-order chi connectivity index (χ1) is 22.1. The normalized spacial score (nSPS) is 13.3. The first-order valence-corrected chi connectivity index (χ1v) is 15.6. The largest absolute Gasteiger partial charge is 0.453 e. The van der Waals surface area contributed by atoms with Crippen LogP contribution in [0.25, 0.3) is 55.0 Å². The Bertz CT molecular complexity index is 2400. The smallest absolute Gasteiger partial charge is 0.159 e. The van der Waals surface area contributed by atoms with Crippen molar-refractivity contribution in [2.24, 2.45) is 0 Å². The summed E-state index contributed by atoms with van der Waals surface area (Å²) in [6, 6.07) is 54.5. The number of anilines is 3. The predicted molar refractivity (Wildman–Crippen MR) is 189 cm³/mol. The van der Waals surface area contributed by atoms with Gasteiger partial charge in [-0.15, -0.1) is 0 Å². The average molecular weight is 578 g/mol. The van der Waals surface area contributed by atoms with Crippen molar-refractivity contribution in [1.29, 1.82) is 0 Å². The Balaban J connectivity index is 1.34. The van der Waals surface area contributed by atoms with Gasteiger partial charge in [0.15, 0.2) is 5.58 Å². The summed E-state index contributed by atoms with van der Waals surface area (Å²) in [5.41, 5.74) is 12.6. The van der Waals surface area contributed by atoms with Gasteiger partial charge in [0.1, 0.15) is 5.58 Å². The Morgan fingerprint density at radius 1 is 0.489 bits per heavy atom. The van der Waals surface area contributed by atoms with E-state index >= 15 is 0 Å². The van der Waals surface area contributed by atoms with E-state index in [0.717, 1.165) is 50.1 Å². The van der Waals surface area contributed by atoms with Crippen molar-refractivity contribution in [2.75, 3.05) is 4.90 Å². The van der Waals surface area contributed by atoms with Crippen molar-refractivity contribution in [1.82, 2.24) is 0 Å². The predicted octanol–water partition coefficient (Wildman–Crippen LogP) is 12.2. The molecule has 0 amide bonds. The van der Waals surface area contributed by atoms with E-state index in [9.17, 15) is 0 Å². The van der Waals surface area contributed by atoms with Crippen LogP contribution < -0.4 is 4.90 Å². The summed E-state index contributed by atoms with van der Waals surface area (Å²) in [4.78, 5) is 2.35. The summed E-state index contributed by atoms with van der Waals surface area (Å²) in [5.74, 6) is 0. The summed E-state index contributed by atoms with van der Waals surface area (Å²) >= 11 is 0. The number of benzene rings is 7. The van der Waals surface area contributed by atoms with Gasteiger partial charge in [-0.25, -0.2) is 0 Å². The fourth-order valence-electron chi connectivity index (χ4n) is 7.49. The van der Waals surface area contributed by atoms with Crippen molar-refractivity contribution in [3.63, 3.8) is 0 Å². The van der Waals surface area contributed by atoms with Gasteiger partial charge in [-0.3, -0.25) is 0 Å². The van der Waals surface area contributed by atoms with Crippen molar-refractivity contribution >= 4 is 49.8 Å². The van der Waals surface area contributed by atoms with E-state index in [4.69, 9.17) is 4.42 Å². The minimum absolute atomic E-state index is 0.0460. The average Bonchev–Trinajstić information content (AvgIpc) is 3.59. The van der Waals surface area contributed by atoms with E-state index in [-0.39, 0.29) is 5.41 Å². The Labute approximate surface area is 262 Å². The lowest BCUT2D eigenvalue weighted by molar-refractivity contribution is 0.660. The number of furan rings is 1. The quantitative estimate of drug-likeness (QED) is 0.207. The van der Waals surface area contributed by atoms with Crippen LogP contribution in [0, 0.1) is 0 Å². The Kier molecular flexibility index (Phi) is 5.58. The lowest BCUT2D eigenvalue weighted by Crippen LogP contribution is -2.15. The molecule has 0 saturated heterocycles. The van der Waals surface area contributed by atoms with E-state index in [1.54, 1.807) is 0 Å². The first-order valence-electron chi connectivity index (χ1n) is 15.6. The van der Waals surface area contributed by atoms with Gasteiger partial charge in [-0.05, 0) is 75.0 Å². The number of para-hydroxylation sites is 2. The van der Waals surface area contributed by atoms with Crippen molar-refractivity contribution in [3.05, 3.63) is 163 Å². The molecule has 9 rings (SSSR count). The summed E-state index contributed by atoms with van der Waals surface area (Å²) in [5, 5.41) is 4.67. The zero-order valence-corrected chi connectivity index (χ0v) is 25.3. The van der Waals surface area contributed by atoms with Gasteiger partial charge in [-0.1, -0.05) is 129 Å². The molecule has 2 heteroatoms. The molecule has 1 aliphatic carbocycles. The second kappa shape index (κ2) is 9.70. The highest BCUT2D eigenvalue weighted by Gasteiger charge is 2.35. The summed E-state index contributed by atoms with van der Waals surface area (Å²) in [7, 11) is 0. The van der Waals surface area contributed by atoms with Gasteiger partial charge >= 0.3 is 0 Å². The molecule has 1 heterocycles. The second-order valence-corrected chi connectivity index (χ2v) is 12.5. The third kappa shape index (κ3) is 3.82. The maximum Gasteiger partial charge on any atom is 0.159 e. The summed E-state index contributed by atoms with van der Waals surface area (Å²) in [6.45, 7) is 4.66. The Morgan fingerprint density at radius 2 is 1.18 bits per heavy atom. The molecule has 7 aromatic carbocycles. The highest BCUT2D eigenvalue weighted by atomic mass is 16.3. The van der Waals surface area contributed by atoms with Crippen molar-refractivity contribution in [2.45, 2.75) is 19.3 Å². The maximum atomic E-state index is 7.04. The minimum atomic E-state index is -0.0460. The third-order valence-electron chi connectivity index (χ3n) is 9.63. The van der Waals surface area contributed by atoms with E-state index in [1.807, 2.05) is 0 Å². The van der Waals surface area contributed by atoms with E-state index in [0.29, 0.717) is 0 Å². The van der Waals surface area contributed by atoms with Gasteiger partial charge in [0.25, 0.3) is 0 Å². The van der Waals surface area contributed by atoms with Crippen LogP contribution in [0.1, 0.15) is 25.0 Å². The molecule has 0 fully saturated rings. The molecule has 214 valence electrons. The molecular formula is C43H31NO. The molecule has 1 aromatic heterocycles. The highest BCUT2D eigenvalue weighted by Crippen LogP contribution is 2.51. The molecule has 0 unspecified atom stereocenters. The fourth-order valence-corrected chi connectivity index (χ4v) is 7.49. The SMILES string of the molecule is CC1(C)c2ccccc2-c2cc(N(c3ccccc3)c3cccc4c3oc3c(-c5ccccc5)cc5ccccc5c34)ccc21. The lowest BCUT2D eigenvalue weighted by atomic mass is 9.82. The molecule has 2 nitrogen and oxygen atoms in total. The van der Waals surface area contributed by atoms with Crippen LogP contribution in [0.5, 0.6) is 0 Å². The van der Waals surface area contributed by atoms with Crippen LogP contribution in [-0.4, -0.2) is 0 Å². The maximum absolute atomic E-state index is 7.04. The summed E-state index contributed by atoms with van der Waals surface area (Å²) in [6.07, 6.45) is 0. The zero-order chi connectivity index (χ0) is 30.1. The Hall–Kier alpha value is -5.60. The van der Waals surface area contributed by atoms with E-state index in [1.165, 1.54) is 33.0 Å². The van der Waals surface area contributed by atoms with Gasteiger partial charge in [0.2, 0.25) is 0 Å². The van der Waals surface area contributed by atoms with Crippen LogP contribution in [0.4, 0.5) is 17.1 Å². The lowest BCUT2D eigenvalue weighted by Gasteiger charge is -2.27. The summed E-state index contributed by atoms with van der Waals surface area (Å²) < 4.78 is 7.04. The van der Waals surface area contributed by atoms with Gasteiger partial charge in [0, 0.05) is 33.1 Å². The van der Waals surface area contributed by atoms with Crippen LogP contribution in [0.3, 0.4) is 0 Å². The van der Waals surface area contributed by atoms with Crippen LogP contribution in [0.2, 0.25) is 0 Å². The first kappa shape index (κ1) is 25.9. The standard InChI is InChI=1S/C43H31NO/c1-43(2)37-22-12-11-20-33(37)36-27-31(24-25-38(36)43)44(30-17-7-4-8-18-30)39-23-13-21-34-40-32-19-10-9-16-29(32)26-35(42(40)45-41(34)39)28-14-5-3-6-15-28/h3-27H,1-2H3. The Morgan fingerprint density at radius 3 is 2.02 bits per heavy atom. The third-order valence-corrected chi connectivity index (χ3v) is 9.63. The number of rotatable bonds is 4. The number of hydrogen-bond acceptors (Lipinski definition) is 2. The number of nitrogens with zero attached hydrogens (tertiary/aromatic N) is 1. The molecule has 0 atom stereocenters. The molecule has 0 saturated carbocycles. The molecule has 8 aromatic rings. The van der Waals surface area contributed by atoms with Gasteiger partial charge < -0.3 is 9.32 Å². The topological polar surface area (TPSA) is 16.4 Å². The number of hydrogen-bond donors (Lipinski definition) is 0. The molecule has 0 aliphatic heterocycles. The van der Waals surface area contributed by atoms with Crippen molar-refractivity contribution in [3.8, 4) is 22.3 Å². The molecule has 0 spiro atoms. The molecule has 0 bridgehead atoms. The minimum Gasteiger partial charge on any atom is -0.453 e. The van der Waals surface area contributed by atoms with Crippen LogP contribution in [0.15, 0.2) is 156 Å². The molecular weight excluding hydrogens is 546 g/mol. The van der Waals surface area contributed by atoms with Gasteiger partial charge in [-0.2, -0.15) is 0 Å². The molecule has 0 N–H and O–H groups in total. The van der Waals surface area contributed by atoms with E-state index < -0.39 is 0 Å². The second-order valence-electron chi connectivity index (χ2n) is 12.5. The van der Waals surface area contributed by atoms with Gasteiger partial charge in [0.05, 0.1) is 5.69 Å². The zero-order valence-electron chi connectivity index (χ0n) is 25.3. The van der Waals surface area contributed by atoms with E-state index in [2.05, 4.69) is 170 Å². The van der Waals surface area contributed by atoms with Crippen molar-refractivity contribution < 1.29 is 4.42 Å². The molecule has 45 heavy (non-hydrogen) atoms.